The molecule has 2 rings (SSSR count). The molecule has 0 saturated carbocycles. The van der Waals surface area contributed by atoms with E-state index in [2.05, 4.69) is 20.0 Å². The second kappa shape index (κ2) is 6.01. The van der Waals surface area contributed by atoms with Crippen LogP contribution >= 0.6 is 0 Å². The van der Waals surface area contributed by atoms with Gasteiger partial charge < -0.3 is 14.8 Å². The Morgan fingerprint density at radius 1 is 1.25 bits per heavy atom. The van der Waals surface area contributed by atoms with Crippen LogP contribution in [0.4, 0.5) is 11.5 Å². The first-order chi connectivity index (χ1) is 9.63. The van der Waals surface area contributed by atoms with E-state index in [-0.39, 0.29) is 5.69 Å². The number of methoxy groups -OCH3 is 2. The lowest BCUT2D eigenvalue weighted by Gasteiger charge is -2.09. The third kappa shape index (κ3) is 3.03. The molecule has 6 heteroatoms. The van der Waals surface area contributed by atoms with Crippen molar-refractivity contribution in [2.24, 2.45) is 0 Å². The van der Waals surface area contributed by atoms with E-state index in [1.807, 2.05) is 25.1 Å². The van der Waals surface area contributed by atoms with Gasteiger partial charge in [0.05, 0.1) is 26.6 Å². The van der Waals surface area contributed by atoms with Crippen LogP contribution in [0.15, 0.2) is 30.6 Å². The van der Waals surface area contributed by atoms with Crippen molar-refractivity contribution in [2.45, 2.75) is 6.92 Å². The van der Waals surface area contributed by atoms with E-state index in [9.17, 15) is 4.79 Å². The molecule has 0 unspecified atom stereocenters. The highest BCUT2D eigenvalue weighted by Gasteiger charge is 2.09. The van der Waals surface area contributed by atoms with Crippen LogP contribution in [-0.4, -0.2) is 30.2 Å². The minimum absolute atomic E-state index is 0.155. The van der Waals surface area contributed by atoms with E-state index >= 15 is 0 Å². The SMILES string of the molecule is COC(=O)c1cncc(Nc2ccc(OC)c(C)c2)n1. The van der Waals surface area contributed by atoms with Crippen molar-refractivity contribution in [3.63, 3.8) is 0 Å². The maximum Gasteiger partial charge on any atom is 0.358 e. The lowest BCUT2D eigenvalue weighted by molar-refractivity contribution is 0.0593. The number of anilines is 2. The molecule has 1 N–H and O–H groups in total. The second-order valence-electron chi connectivity index (χ2n) is 4.09. The number of rotatable bonds is 4. The van der Waals surface area contributed by atoms with Crippen LogP contribution in [0.5, 0.6) is 5.75 Å². The first-order valence-corrected chi connectivity index (χ1v) is 5.96. The highest BCUT2D eigenvalue weighted by molar-refractivity contribution is 5.87. The van der Waals surface area contributed by atoms with E-state index in [4.69, 9.17) is 4.74 Å². The number of carbonyl (C=O) groups is 1. The maximum absolute atomic E-state index is 11.4. The predicted octanol–water partition coefficient (Wildman–Crippen LogP) is 2.32. The van der Waals surface area contributed by atoms with E-state index in [1.54, 1.807) is 7.11 Å². The summed E-state index contributed by atoms with van der Waals surface area (Å²) in [6, 6.07) is 5.64. The molecule has 0 aliphatic carbocycles. The van der Waals surface area contributed by atoms with Crippen LogP contribution in [0, 0.1) is 6.92 Å². The molecule has 0 bridgehead atoms. The fourth-order valence-electron chi connectivity index (χ4n) is 1.73. The van der Waals surface area contributed by atoms with Gasteiger partial charge in [-0.3, -0.25) is 4.98 Å². The summed E-state index contributed by atoms with van der Waals surface area (Å²) in [6.45, 7) is 1.95. The minimum atomic E-state index is -0.521. The number of nitrogens with zero attached hydrogens (tertiary/aromatic N) is 2. The maximum atomic E-state index is 11.4. The zero-order valence-electron chi connectivity index (χ0n) is 11.5. The molecule has 0 aliphatic heterocycles. The first kappa shape index (κ1) is 13.8. The van der Waals surface area contributed by atoms with Crippen LogP contribution in [0.2, 0.25) is 0 Å². The normalized spacial score (nSPS) is 9.95. The van der Waals surface area contributed by atoms with Crippen LogP contribution < -0.4 is 10.1 Å². The molecular formula is C14H15N3O3. The third-order valence-corrected chi connectivity index (χ3v) is 2.70. The van der Waals surface area contributed by atoms with Crippen LogP contribution in [-0.2, 0) is 4.74 Å². The lowest BCUT2D eigenvalue weighted by Crippen LogP contribution is -2.06. The summed E-state index contributed by atoms with van der Waals surface area (Å²) in [4.78, 5) is 19.5. The summed E-state index contributed by atoms with van der Waals surface area (Å²) >= 11 is 0. The number of aromatic nitrogens is 2. The highest BCUT2D eigenvalue weighted by Crippen LogP contribution is 2.23. The van der Waals surface area contributed by atoms with Crippen molar-refractivity contribution in [2.75, 3.05) is 19.5 Å². The fraction of sp³-hybridized carbons (Fsp3) is 0.214. The van der Waals surface area contributed by atoms with Gasteiger partial charge in [-0.15, -0.1) is 0 Å². The van der Waals surface area contributed by atoms with Gasteiger partial charge in [-0.2, -0.15) is 0 Å². The zero-order chi connectivity index (χ0) is 14.5. The molecule has 20 heavy (non-hydrogen) atoms. The van der Waals surface area contributed by atoms with Crippen molar-refractivity contribution < 1.29 is 14.3 Å². The van der Waals surface area contributed by atoms with Crippen LogP contribution in [0.3, 0.4) is 0 Å². The number of aryl methyl sites for hydroxylation is 1. The fourth-order valence-corrected chi connectivity index (χ4v) is 1.73. The Kier molecular flexibility index (Phi) is 4.14. The summed E-state index contributed by atoms with van der Waals surface area (Å²) in [5.41, 5.74) is 1.98. The molecule has 0 saturated heterocycles. The molecule has 0 atom stereocenters. The minimum Gasteiger partial charge on any atom is -0.496 e. The molecule has 1 aromatic heterocycles. The molecule has 0 fully saturated rings. The topological polar surface area (TPSA) is 73.3 Å². The summed E-state index contributed by atoms with van der Waals surface area (Å²) < 4.78 is 9.80. The standard InChI is InChI=1S/C14H15N3O3/c1-9-6-10(4-5-12(9)19-2)16-13-8-15-7-11(17-13)14(18)20-3/h4-8H,1-3H3,(H,16,17). The van der Waals surface area contributed by atoms with Gasteiger partial charge in [0.25, 0.3) is 0 Å². The molecule has 6 nitrogen and oxygen atoms in total. The van der Waals surface area contributed by atoms with Gasteiger partial charge in [0.2, 0.25) is 0 Å². The summed E-state index contributed by atoms with van der Waals surface area (Å²) in [5, 5.41) is 3.08. The van der Waals surface area contributed by atoms with Gasteiger partial charge in [-0.1, -0.05) is 0 Å². The Morgan fingerprint density at radius 2 is 2.05 bits per heavy atom. The molecular weight excluding hydrogens is 258 g/mol. The Hall–Kier alpha value is -2.63. The average Bonchev–Trinajstić information content (AvgIpc) is 2.47. The molecule has 104 valence electrons. The van der Waals surface area contributed by atoms with Crippen molar-refractivity contribution >= 4 is 17.5 Å². The van der Waals surface area contributed by atoms with Crippen molar-refractivity contribution in [3.8, 4) is 5.75 Å². The Labute approximate surface area is 116 Å². The average molecular weight is 273 g/mol. The molecule has 0 radical (unpaired) electrons. The van der Waals surface area contributed by atoms with E-state index in [1.165, 1.54) is 19.5 Å². The molecule has 0 amide bonds. The van der Waals surface area contributed by atoms with Crippen molar-refractivity contribution in [1.29, 1.82) is 0 Å². The van der Waals surface area contributed by atoms with Gasteiger partial charge in [-0.05, 0) is 30.7 Å². The second-order valence-corrected chi connectivity index (χ2v) is 4.09. The molecule has 2 aromatic rings. The summed E-state index contributed by atoms with van der Waals surface area (Å²) in [7, 11) is 2.93. The highest BCUT2D eigenvalue weighted by atomic mass is 16.5. The number of esters is 1. The number of nitrogens with one attached hydrogen (secondary N) is 1. The summed E-state index contributed by atoms with van der Waals surface area (Å²) in [6.07, 6.45) is 2.89. The van der Waals surface area contributed by atoms with E-state index in [0.29, 0.717) is 5.82 Å². The van der Waals surface area contributed by atoms with Crippen molar-refractivity contribution in [3.05, 3.63) is 41.9 Å². The first-order valence-electron chi connectivity index (χ1n) is 5.96. The molecule has 0 aliphatic rings. The summed E-state index contributed by atoms with van der Waals surface area (Å²) in [5.74, 6) is 0.759. The number of hydrogen-bond acceptors (Lipinski definition) is 6. The van der Waals surface area contributed by atoms with Crippen LogP contribution in [0.1, 0.15) is 16.1 Å². The quantitative estimate of drug-likeness (QED) is 0.862. The van der Waals surface area contributed by atoms with Gasteiger partial charge >= 0.3 is 5.97 Å². The number of ether oxygens (including phenoxy) is 2. The predicted molar refractivity (Wildman–Crippen MR) is 74.4 cm³/mol. The van der Waals surface area contributed by atoms with Gasteiger partial charge in [-0.25, -0.2) is 9.78 Å². The Morgan fingerprint density at radius 3 is 2.70 bits per heavy atom. The molecule has 1 aromatic carbocycles. The van der Waals surface area contributed by atoms with E-state index in [0.717, 1.165) is 17.0 Å². The van der Waals surface area contributed by atoms with E-state index < -0.39 is 5.97 Å². The Bertz CT molecular complexity index is 629. The third-order valence-electron chi connectivity index (χ3n) is 2.70. The largest absolute Gasteiger partial charge is 0.496 e. The molecule has 1 heterocycles. The smallest absolute Gasteiger partial charge is 0.358 e. The van der Waals surface area contributed by atoms with Gasteiger partial charge in [0, 0.05) is 5.69 Å². The van der Waals surface area contributed by atoms with Crippen molar-refractivity contribution in [1.82, 2.24) is 9.97 Å². The molecule has 0 spiro atoms. The Balaban J connectivity index is 2.21. The monoisotopic (exact) mass is 273 g/mol. The zero-order valence-corrected chi connectivity index (χ0v) is 11.5. The number of carbonyl (C=O) groups excluding carboxylic acids is 1. The lowest BCUT2D eigenvalue weighted by atomic mass is 10.2. The van der Waals surface area contributed by atoms with Crippen LogP contribution in [0.25, 0.3) is 0 Å². The van der Waals surface area contributed by atoms with Gasteiger partial charge in [0.15, 0.2) is 5.69 Å². The van der Waals surface area contributed by atoms with Gasteiger partial charge in [0.1, 0.15) is 11.6 Å². The number of benzene rings is 1. The number of hydrogen-bond donors (Lipinski definition) is 1.